The molecular weight excluding hydrogens is 671 g/mol. The Morgan fingerprint density at radius 1 is 1.19 bits per heavy atom. The summed E-state index contributed by atoms with van der Waals surface area (Å²) in [7, 11) is 0. The van der Waals surface area contributed by atoms with Crippen molar-refractivity contribution in [2.24, 2.45) is 5.73 Å². The number of anilines is 1. The van der Waals surface area contributed by atoms with E-state index < -0.39 is 39.2 Å². The fourth-order valence-electron chi connectivity index (χ4n) is 6.55. The van der Waals surface area contributed by atoms with Crippen LogP contribution in [0, 0.1) is 18.3 Å². The molecule has 3 aromatic rings. The highest BCUT2D eigenvalue weighted by Crippen LogP contribution is 2.46. The molecule has 246 valence electrons. The summed E-state index contributed by atoms with van der Waals surface area (Å²) in [6.07, 6.45) is 2.87. The van der Waals surface area contributed by atoms with Gasteiger partial charge < -0.3 is 15.5 Å². The van der Waals surface area contributed by atoms with Gasteiger partial charge in [-0.2, -0.15) is 5.26 Å². The second kappa shape index (κ2) is 13.0. The van der Waals surface area contributed by atoms with Gasteiger partial charge in [-0.15, -0.1) is 0 Å². The minimum atomic E-state index is -1.48. The molecule has 0 spiro atoms. The molecule has 0 aromatic carbocycles. The smallest absolute Gasteiger partial charge is 0.276 e. The number of aryl methyl sites for hydroxylation is 1. The van der Waals surface area contributed by atoms with E-state index in [0.717, 1.165) is 0 Å². The molecule has 1 amide bonds. The highest BCUT2D eigenvalue weighted by molar-refractivity contribution is 6.36. The first kappa shape index (κ1) is 34.5. The van der Waals surface area contributed by atoms with E-state index in [9.17, 15) is 19.2 Å². The first-order chi connectivity index (χ1) is 22.2. The number of nitriles is 1. The lowest BCUT2D eigenvalue weighted by atomic mass is 9.89. The van der Waals surface area contributed by atoms with Crippen molar-refractivity contribution in [3.05, 3.63) is 90.6 Å². The number of halogens is 5. The van der Waals surface area contributed by atoms with E-state index >= 15 is 4.39 Å². The molecule has 0 bridgehead atoms. The number of aromatic nitrogens is 3. The van der Waals surface area contributed by atoms with Crippen LogP contribution in [0.2, 0.25) is 5.02 Å². The predicted octanol–water partition coefficient (Wildman–Crippen LogP) is 6.61. The van der Waals surface area contributed by atoms with Crippen molar-refractivity contribution in [1.29, 1.82) is 5.26 Å². The van der Waals surface area contributed by atoms with Crippen LogP contribution in [0.5, 0.6) is 0 Å². The molecule has 1 aliphatic heterocycles. The highest BCUT2D eigenvalue weighted by atomic mass is 35.5. The number of hydrogen-bond acceptors (Lipinski definition) is 7. The van der Waals surface area contributed by atoms with Crippen LogP contribution >= 0.6 is 34.8 Å². The van der Waals surface area contributed by atoms with Crippen LogP contribution in [0.3, 0.4) is 0 Å². The van der Waals surface area contributed by atoms with Crippen LogP contribution in [0.1, 0.15) is 62.0 Å². The minimum Gasteiger partial charge on any atom is -0.366 e. The van der Waals surface area contributed by atoms with E-state index in [0.29, 0.717) is 22.3 Å². The Balaban J connectivity index is 1.90. The van der Waals surface area contributed by atoms with Crippen molar-refractivity contribution in [2.75, 3.05) is 18.0 Å². The molecule has 3 aromatic heterocycles. The molecule has 1 fully saturated rings. The topological polar surface area (TPSA) is 121 Å². The molecule has 1 aliphatic carbocycles. The zero-order valence-corrected chi connectivity index (χ0v) is 28.6. The number of nitrogens with two attached hydrogens (primary N) is 1. The maximum atomic E-state index is 15.7. The Bertz CT molecular complexity index is 1990. The summed E-state index contributed by atoms with van der Waals surface area (Å²) in [5, 5.41) is 9.40. The molecule has 2 aliphatic rings. The highest BCUT2D eigenvalue weighted by Gasteiger charge is 2.40. The average Bonchev–Trinajstić information content (AvgIpc) is 3.02. The summed E-state index contributed by atoms with van der Waals surface area (Å²) < 4.78 is 31.6. The van der Waals surface area contributed by atoms with Crippen LogP contribution in [-0.2, 0) is 4.79 Å². The number of nitrogens with zero attached hydrogens (tertiary/aromatic N) is 6. The molecule has 14 heteroatoms. The second-order valence-electron chi connectivity index (χ2n) is 12.1. The van der Waals surface area contributed by atoms with Crippen molar-refractivity contribution in [3.8, 4) is 11.8 Å². The van der Waals surface area contributed by atoms with Gasteiger partial charge in [0.2, 0.25) is 5.91 Å². The maximum absolute atomic E-state index is 15.7. The number of carbonyl (C=O) groups excluding carboxylic acids is 1. The molecular formula is C33H32Cl3F2N7O2. The van der Waals surface area contributed by atoms with Crippen molar-refractivity contribution >= 4 is 57.4 Å². The number of amides is 1. The maximum Gasteiger partial charge on any atom is 0.276 e. The van der Waals surface area contributed by atoms with Gasteiger partial charge in [-0.05, 0) is 50.5 Å². The lowest BCUT2D eigenvalue weighted by Crippen LogP contribution is -2.58. The van der Waals surface area contributed by atoms with Gasteiger partial charge in [-0.25, -0.2) is 13.8 Å². The Hall–Kier alpha value is -3.82. The Kier molecular flexibility index (Phi) is 9.55. The number of hydrogen-bond donors (Lipinski definition) is 1. The van der Waals surface area contributed by atoms with E-state index in [2.05, 4.69) is 17.6 Å². The molecule has 2 N–H and O–H groups in total. The summed E-state index contributed by atoms with van der Waals surface area (Å²) in [6, 6.07) is 3.23. The lowest BCUT2D eigenvalue weighted by molar-refractivity contribution is -0.130. The van der Waals surface area contributed by atoms with Gasteiger partial charge in [0, 0.05) is 36.8 Å². The van der Waals surface area contributed by atoms with E-state index in [1.165, 1.54) is 16.7 Å². The Labute approximate surface area is 285 Å². The Morgan fingerprint density at radius 2 is 1.83 bits per heavy atom. The summed E-state index contributed by atoms with van der Waals surface area (Å²) in [5.41, 5.74) is 7.13. The molecule has 0 radical (unpaired) electrons. The van der Waals surface area contributed by atoms with Crippen LogP contribution in [0.4, 0.5) is 14.5 Å². The fraction of sp³-hybridized carbons (Fsp3) is 0.364. The van der Waals surface area contributed by atoms with E-state index in [4.69, 9.17) is 45.5 Å². The molecule has 4 atom stereocenters. The quantitative estimate of drug-likeness (QED) is 0.297. The van der Waals surface area contributed by atoms with Gasteiger partial charge in [0.1, 0.15) is 28.1 Å². The van der Waals surface area contributed by atoms with Crippen molar-refractivity contribution < 1.29 is 13.6 Å². The van der Waals surface area contributed by atoms with Crippen LogP contribution in [0.15, 0.2) is 57.5 Å². The van der Waals surface area contributed by atoms with Gasteiger partial charge >= 0.3 is 0 Å². The number of pyridine rings is 3. The first-order valence-electron chi connectivity index (χ1n) is 14.9. The van der Waals surface area contributed by atoms with Gasteiger partial charge in [0.05, 0.1) is 44.8 Å². The predicted molar refractivity (Wildman–Crippen MR) is 181 cm³/mol. The standard InChI is InChI=1S/C33H32Cl3F2N7O2/c1-7-21(46)44-16(5)12-43(13-17(44)6)31-18-10-20(34)29(22-25(37)23(35)26(38)24(36)27(22)40)42-32(18)45(33(47)19(31)11-39)30-15(4)8-9-41-28(30)14(2)3/h7-10,14,16-17,22,27H,1,12-13,40H2,2-6H3/t16-,17+,22?,27?. The number of allylic oxidation sites excluding steroid dienone is 2. The SMILES string of the molecule is C=CC(=O)N1[C@H](C)CN(c2c(C#N)c(=O)n(-c3c(C)ccnc3C(C)C)c3nc(C4C(F)=C(Cl)C(F)=C(Cl)C4N)c(Cl)cc23)C[C@@H]1C. The summed E-state index contributed by atoms with van der Waals surface area (Å²) in [6.45, 7) is 13.5. The molecule has 4 heterocycles. The summed E-state index contributed by atoms with van der Waals surface area (Å²) >= 11 is 19.0. The normalized spacial score (nSPS) is 21.9. The molecule has 2 unspecified atom stereocenters. The van der Waals surface area contributed by atoms with Crippen molar-refractivity contribution in [1.82, 2.24) is 19.4 Å². The van der Waals surface area contributed by atoms with Gasteiger partial charge in [0.15, 0.2) is 5.83 Å². The van der Waals surface area contributed by atoms with Gasteiger partial charge in [-0.3, -0.25) is 19.1 Å². The van der Waals surface area contributed by atoms with E-state index in [1.54, 1.807) is 24.1 Å². The van der Waals surface area contributed by atoms with Crippen LogP contribution in [0.25, 0.3) is 16.7 Å². The second-order valence-corrected chi connectivity index (χ2v) is 13.3. The molecule has 9 nitrogen and oxygen atoms in total. The third-order valence-electron chi connectivity index (χ3n) is 8.64. The molecule has 0 saturated carbocycles. The number of piperazine rings is 1. The average molecular weight is 703 g/mol. The molecule has 5 rings (SSSR count). The first-order valence-corrected chi connectivity index (χ1v) is 16.0. The number of carbonyl (C=O) groups is 1. The Morgan fingerprint density at radius 3 is 2.40 bits per heavy atom. The number of rotatable bonds is 5. The van der Waals surface area contributed by atoms with Gasteiger partial charge in [-0.1, -0.05) is 55.2 Å². The zero-order valence-electron chi connectivity index (χ0n) is 26.3. The van der Waals surface area contributed by atoms with Crippen molar-refractivity contribution in [3.63, 3.8) is 0 Å². The van der Waals surface area contributed by atoms with E-state index in [-0.39, 0.29) is 64.6 Å². The molecule has 47 heavy (non-hydrogen) atoms. The fourth-order valence-corrected chi connectivity index (χ4v) is 7.31. The number of fused-ring (bicyclic) bond motifs is 1. The monoisotopic (exact) mass is 701 g/mol. The molecule has 1 saturated heterocycles. The minimum absolute atomic E-state index is 0.0357. The van der Waals surface area contributed by atoms with Crippen LogP contribution < -0.4 is 16.2 Å². The van der Waals surface area contributed by atoms with Crippen molar-refractivity contribution in [2.45, 2.75) is 64.6 Å². The third kappa shape index (κ3) is 5.61. The third-order valence-corrected chi connectivity index (χ3v) is 9.70. The zero-order chi connectivity index (χ0) is 34.6. The summed E-state index contributed by atoms with van der Waals surface area (Å²) in [4.78, 5) is 40.1. The summed E-state index contributed by atoms with van der Waals surface area (Å²) in [5.74, 6) is -4.19. The van der Waals surface area contributed by atoms with E-state index in [1.807, 2.05) is 32.6 Å². The van der Waals surface area contributed by atoms with Gasteiger partial charge in [0.25, 0.3) is 5.56 Å². The lowest BCUT2D eigenvalue weighted by Gasteiger charge is -2.45. The van der Waals surface area contributed by atoms with Crippen LogP contribution in [-0.4, -0.2) is 56.6 Å². The largest absolute Gasteiger partial charge is 0.366 e.